The Hall–Kier alpha value is -1.56. The summed E-state index contributed by atoms with van der Waals surface area (Å²) in [5.74, 6) is -1.95. The molecular weight excluding hydrogens is 345 g/mol. The number of hydrogen-bond acceptors (Lipinski definition) is 2. The smallest absolute Gasteiger partial charge is 0.413 e. The molecule has 2 unspecified atom stereocenters. The number of ether oxygens (including phenoxy) is 1. The van der Waals surface area contributed by atoms with Gasteiger partial charge < -0.3 is 9.84 Å². The number of carboxylic acids is 1. The van der Waals surface area contributed by atoms with E-state index in [9.17, 15) is 18.0 Å². The Morgan fingerprint density at radius 2 is 1.69 bits per heavy atom. The summed E-state index contributed by atoms with van der Waals surface area (Å²) >= 11 is 0. The predicted molar refractivity (Wildman–Crippen MR) is 95.8 cm³/mol. The van der Waals surface area contributed by atoms with Gasteiger partial charge in [0.05, 0.1) is 6.10 Å². The second kappa shape index (κ2) is 7.99. The molecule has 1 aliphatic carbocycles. The molecule has 1 saturated carbocycles. The van der Waals surface area contributed by atoms with Crippen molar-refractivity contribution in [1.29, 1.82) is 0 Å². The molecule has 0 aromatic heterocycles. The summed E-state index contributed by atoms with van der Waals surface area (Å²) in [6.07, 6.45) is 1.02. The van der Waals surface area contributed by atoms with Crippen LogP contribution in [0.5, 0.6) is 0 Å². The molecule has 1 N–H and O–H groups in total. The lowest BCUT2D eigenvalue weighted by Gasteiger charge is -2.52. The first-order chi connectivity index (χ1) is 11.7. The summed E-state index contributed by atoms with van der Waals surface area (Å²) in [5, 5.41) is 8.70. The molecule has 0 aliphatic heterocycles. The SMILES string of the molecule is COC1C(\C(=C/C=C/C(C)=C/C(=O)O)C(F)(F)F)C(C)(C)CCC1(C)C. The molecule has 3 nitrogen and oxygen atoms in total. The maximum Gasteiger partial charge on any atom is 0.413 e. The molecule has 0 bridgehead atoms. The molecule has 2 atom stereocenters. The molecule has 0 heterocycles. The summed E-state index contributed by atoms with van der Waals surface area (Å²) in [6, 6.07) is 0. The number of aliphatic carboxylic acids is 1. The number of hydrogen-bond donors (Lipinski definition) is 1. The fraction of sp³-hybridized carbons (Fsp3) is 0.650. The van der Waals surface area contributed by atoms with Crippen LogP contribution in [0.25, 0.3) is 0 Å². The van der Waals surface area contributed by atoms with Crippen LogP contribution in [0.15, 0.2) is 35.5 Å². The highest BCUT2D eigenvalue weighted by Gasteiger charge is 2.54. The van der Waals surface area contributed by atoms with Crippen molar-refractivity contribution in [2.45, 2.75) is 59.7 Å². The molecule has 26 heavy (non-hydrogen) atoms. The zero-order chi connectivity index (χ0) is 20.3. The maximum atomic E-state index is 13.9. The number of halogens is 3. The Balaban J connectivity index is 3.39. The molecule has 1 aliphatic rings. The lowest BCUT2D eigenvalue weighted by molar-refractivity contribution is -0.146. The van der Waals surface area contributed by atoms with Crippen LogP contribution >= 0.6 is 0 Å². The van der Waals surface area contributed by atoms with Gasteiger partial charge in [-0.15, -0.1) is 0 Å². The number of methoxy groups -OCH3 is 1. The van der Waals surface area contributed by atoms with Crippen molar-refractivity contribution < 1.29 is 27.8 Å². The normalized spacial score (nSPS) is 27.0. The van der Waals surface area contributed by atoms with Crippen LogP contribution in [-0.4, -0.2) is 30.5 Å². The van der Waals surface area contributed by atoms with Gasteiger partial charge in [0.15, 0.2) is 0 Å². The van der Waals surface area contributed by atoms with E-state index in [0.29, 0.717) is 12.0 Å². The van der Waals surface area contributed by atoms with Gasteiger partial charge in [-0.25, -0.2) is 4.79 Å². The molecule has 0 spiro atoms. The molecule has 0 aromatic carbocycles. The minimum Gasteiger partial charge on any atom is -0.478 e. The van der Waals surface area contributed by atoms with E-state index in [1.807, 2.05) is 27.7 Å². The topological polar surface area (TPSA) is 46.5 Å². The van der Waals surface area contributed by atoms with Crippen molar-refractivity contribution in [1.82, 2.24) is 0 Å². The van der Waals surface area contributed by atoms with E-state index in [0.717, 1.165) is 18.6 Å². The van der Waals surface area contributed by atoms with Crippen molar-refractivity contribution >= 4 is 5.97 Å². The van der Waals surface area contributed by atoms with Gasteiger partial charge in [-0.1, -0.05) is 45.9 Å². The minimum absolute atomic E-state index is 0.363. The summed E-state index contributed by atoms with van der Waals surface area (Å²) in [5.41, 5.74) is -1.22. The number of carboxylic acid groups (broad SMARTS) is 1. The Morgan fingerprint density at radius 1 is 1.15 bits per heavy atom. The number of rotatable bonds is 5. The van der Waals surface area contributed by atoms with Gasteiger partial charge in [-0.05, 0) is 36.2 Å². The van der Waals surface area contributed by atoms with Crippen LogP contribution in [0.1, 0.15) is 47.5 Å². The van der Waals surface area contributed by atoms with Crippen molar-refractivity contribution in [3.8, 4) is 0 Å². The van der Waals surface area contributed by atoms with Gasteiger partial charge in [0.25, 0.3) is 0 Å². The fourth-order valence-electron chi connectivity index (χ4n) is 3.76. The fourth-order valence-corrected chi connectivity index (χ4v) is 3.76. The Labute approximate surface area is 153 Å². The van der Waals surface area contributed by atoms with E-state index in [1.165, 1.54) is 26.2 Å². The van der Waals surface area contributed by atoms with Gasteiger partial charge in [0.2, 0.25) is 0 Å². The van der Waals surface area contributed by atoms with E-state index in [1.54, 1.807) is 0 Å². The third kappa shape index (κ3) is 5.47. The molecule has 1 rings (SSSR count). The highest BCUT2D eigenvalue weighted by molar-refractivity contribution is 5.81. The van der Waals surface area contributed by atoms with Gasteiger partial charge in [-0.2, -0.15) is 13.2 Å². The first-order valence-electron chi connectivity index (χ1n) is 8.62. The quantitative estimate of drug-likeness (QED) is 0.508. The number of allylic oxidation sites excluding steroid dienone is 4. The monoisotopic (exact) mass is 374 g/mol. The summed E-state index contributed by atoms with van der Waals surface area (Å²) in [4.78, 5) is 10.6. The van der Waals surface area contributed by atoms with Crippen LogP contribution in [-0.2, 0) is 9.53 Å². The first kappa shape index (κ1) is 22.5. The molecule has 1 fully saturated rings. The second-order valence-corrected chi connectivity index (χ2v) is 8.32. The van der Waals surface area contributed by atoms with Crippen molar-refractivity contribution in [3.63, 3.8) is 0 Å². The summed E-state index contributed by atoms with van der Waals surface area (Å²) < 4.78 is 47.2. The van der Waals surface area contributed by atoms with E-state index >= 15 is 0 Å². The Kier molecular flexibility index (Phi) is 6.91. The van der Waals surface area contributed by atoms with Crippen LogP contribution < -0.4 is 0 Å². The molecule has 0 radical (unpaired) electrons. The second-order valence-electron chi connectivity index (χ2n) is 8.32. The Bertz CT molecular complexity index is 610. The zero-order valence-electron chi connectivity index (χ0n) is 16.3. The lowest BCUT2D eigenvalue weighted by atomic mass is 9.56. The minimum atomic E-state index is -4.50. The lowest BCUT2D eigenvalue weighted by Crippen LogP contribution is -2.51. The van der Waals surface area contributed by atoms with Gasteiger partial charge in [-0.3, -0.25) is 0 Å². The average Bonchev–Trinajstić information content (AvgIpc) is 2.44. The predicted octanol–water partition coefficient (Wildman–Crippen LogP) is 5.54. The van der Waals surface area contributed by atoms with Gasteiger partial charge >= 0.3 is 12.1 Å². The third-order valence-electron chi connectivity index (χ3n) is 5.23. The van der Waals surface area contributed by atoms with E-state index in [4.69, 9.17) is 9.84 Å². The molecule has 0 amide bonds. The highest BCUT2D eigenvalue weighted by Crippen LogP contribution is 2.55. The van der Waals surface area contributed by atoms with Crippen molar-refractivity contribution in [2.24, 2.45) is 16.7 Å². The van der Waals surface area contributed by atoms with Crippen LogP contribution in [0.4, 0.5) is 13.2 Å². The molecule has 0 saturated heterocycles. The van der Waals surface area contributed by atoms with Crippen molar-refractivity contribution in [2.75, 3.05) is 7.11 Å². The molecular formula is C20H29F3O3. The van der Waals surface area contributed by atoms with Crippen LogP contribution in [0.2, 0.25) is 0 Å². The summed E-state index contributed by atoms with van der Waals surface area (Å²) in [6.45, 7) is 9.09. The first-order valence-corrected chi connectivity index (χ1v) is 8.62. The third-order valence-corrected chi connectivity index (χ3v) is 5.23. The Morgan fingerprint density at radius 3 is 2.15 bits per heavy atom. The summed E-state index contributed by atoms with van der Waals surface area (Å²) in [7, 11) is 1.46. The van der Waals surface area contributed by atoms with Crippen LogP contribution in [0, 0.1) is 16.7 Å². The molecule has 6 heteroatoms. The zero-order valence-corrected chi connectivity index (χ0v) is 16.3. The molecule has 0 aromatic rings. The van der Waals surface area contributed by atoms with E-state index in [-0.39, 0.29) is 5.41 Å². The number of alkyl halides is 3. The standard InChI is InChI=1S/C20H29F3O3/c1-13(12-15(24)25)8-7-9-14(20(21,22)23)16-17(26-6)19(4,5)11-10-18(16,2)3/h7-9,12,16-17H,10-11H2,1-6H3,(H,24,25)/b8-7+,13-12+,14-9+. The number of carbonyl (C=O) groups is 1. The van der Waals surface area contributed by atoms with Crippen molar-refractivity contribution in [3.05, 3.63) is 35.5 Å². The van der Waals surface area contributed by atoms with E-state index in [2.05, 4.69) is 0 Å². The van der Waals surface area contributed by atoms with Gasteiger partial charge in [0, 0.05) is 24.7 Å². The largest absolute Gasteiger partial charge is 0.478 e. The van der Waals surface area contributed by atoms with Crippen LogP contribution in [0.3, 0.4) is 0 Å². The highest BCUT2D eigenvalue weighted by atomic mass is 19.4. The molecule has 148 valence electrons. The van der Waals surface area contributed by atoms with E-state index < -0.39 is 35.2 Å². The average molecular weight is 374 g/mol. The maximum absolute atomic E-state index is 13.9. The van der Waals surface area contributed by atoms with Gasteiger partial charge in [0.1, 0.15) is 0 Å².